The molecule has 1 aliphatic heterocycles. The molecule has 0 saturated carbocycles. The minimum Gasteiger partial charge on any atom is -0.296 e. The molecule has 3 heterocycles. The van der Waals surface area contributed by atoms with Crippen LogP contribution in [-0.2, 0) is 12.7 Å². The molecule has 2 aromatic heterocycles. The number of nitrogens with zero attached hydrogens (tertiary/aromatic N) is 4. The number of hydrogen-bond acceptors (Lipinski definition) is 6. The van der Waals surface area contributed by atoms with Gasteiger partial charge in [-0.3, -0.25) is 15.0 Å². The van der Waals surface area contributed by atoms with E-state index in [0.29, 0.717) is 23.8 Å². The SMILES string of the molecule is CC1CCCCN1Cc1sc(NC(=O)c2cnc(Cl)cn2)nc1-c1cccc(C(F)(F)F)c1. The molecule has 0 radical (unpaired) electrons. The van der Waals surface area contributed by atoms with Gasteiger partial charge in [-0.05, 0) is 38.4 Å². The summed E-state index contributed by atoms with van der Waals surface area (Å²) in [6.45, 7) is 3.59. The smallest absolute Gasteiger partial charge is 0.296 e. The maximum Gasteiger partial charge on any atom is 0.416 e. The molecule has 1 N–H and O–H groups in total. The van der Waals surface area contributed by atoms with Crippen LogP contribution in [-0.4, -0.2) is 38.3 Å². The first-order valence-electron chi connectivity index (χ1n) is 10.4. The predicted molar refractivity (Wildman–Crippen MR) is 121 cm³/mol. The molecule has 1 atom stereocenters. The average molecular weight is 496 g/mol. The average Bonchev–Trinajstić information content (AvgIpc) is 3.17. The molecular formula is C22H21ClF3N5OS. The van der Waals surface area contributed by atoms with Crippen LogP contribution in [0.3, 0.4) is 0 Å². The standard InChI is InChI=1S/C22H21ClF3N5OS/c1-13-5-2-3-8-31(13)12-17-19(14-6-4-7-15(9-14)22(24,25)26)29-21(33-17)30-20(32)16-10-28-18(23)11-27-16/h4,6-7,9-11,13H,2-3,5,8,12H2,1H3,(H,29,30,32). The molecule has 1 saturated heterocycles. The lowest BCUT2D eigenvalue weighted by Gasteiger charge is -2.33. The zero-order valence-electron chi connectivity index (χ0n) is 17.7. The molecule has 1 aromatic carbocycles. The Kier molecular flexibility index (Phi) is 6.96. The predicted octanol–water partition coefficient (Wildman–Crippen LogP) is 5.90. The van der Waals surface area contributed by atoms with Gasteiger partial charge in [-0.2, -0.15) is 13.2 Å². The zero-order chi connectivity index (χ0) is 23.6. The summed E-state index contributed by atoms with van der Waals surface area (Å²) in [5.41, 5.74) is 0.0996. The van der Waals surface area contributed by atoms with E-state index in [1.54, 1.807) is 6.07 Å². The summed E-state index contributed by atoms with van der Waals surface area (Å²) in [6.07, 6.45) is 1.34. The number of carbonyl (C=O) groups excluding carboxylic acids is 1. The van der Waals surface area contributed by atoms with Gasteiger partial charge in [0, 0.05) is 23.0 Å². The highest BCUT2D eigenvalue weighted by atomic mass is 35.5. The van der Waals surface area contributed by atoms with Gasteiger partial charge < -0.3 is 0 Å². The number of likely N-dealkylation sites (tertiary alicyclic amines) is 1. The van der Waals surface area contributed by atoms with Crippen LogP contribution in [0.25, 0.3) is 11.3 Å². The number of anilines is 1. The zero-order valence-corrected chi connectivity index (χ0v) is 19.3. The molecule has 1 aliphatic rings. The summed E-state index contributed by atoms with van der Waals surface area (Å²) >= 11 is 6.97. The van der Waals surface area contributed by atoms with E-state index >= 15 is 0 Å². The van der Waals surface area contributed by atoms with E-state index < -0.39 is 17.6 Å². The van der Waals surface area contributed by atoms with Gasteiger partial charge in [-0.1, -0.05) is 41.5 Å². The Hall–Kier alpha value is -2.56. The Labute approximate surface area is 197 Å². The third kappa shape index (κ3) is 5.69. The molecule has 4 rings (SSSR count). The summed E-state index contributed by atoms with van der Waals surface area (Å²) in [7, 11) is 0. The van der Waals surface area contributed by atoms with Gasteiger partial charge in [0.1, 0.15) is 10.8 Å². The van der Waals surface area contributed by atoms with Crippen LogP contribution in [0.4, 0.5) is 18.3 Å². The lowest BCUT2D eigenvalue weighted by molar-refractivity contribution is -0.137. The Bertz CT molecular complexity index is 1140. The Morgan fingerprint density at radius 1 is 1.27 bits per heavy atom. The van der Waals surface area contributed by atoms with E-state index in [2.05, 4.69) is 32.1 Å². The van der Waals surface area contributed by atoms with Crippen LogP contribution in [0.1, 0.15) is 47.1 Å². The molecule has 0 bridgehead atoms. The van der Waals surface area contributed by atoms with Crippen molar-refractivity contribution in [3.8, 4) is 11.3 Å². The summed E-state index contributed by atoms with van der Waals surface area (Å²) in [5, 5.41) is 3.12. The molecule has 33 heavy (non-hydrogen) atoms. The second-order valence-corrected chi connectivity index (χ2v) is 9.33. The highest BCUT2D eigenvalue weighted by Crippen LogP contribution is 2.37. The number of thiazole rings is 1. The molecule has 3 aromatic rings. The van der Waals surface area contributed by atoms with Gasteiger partial charge in [0.2, 0.25) is 0 Å². The molecule has 1 amide bonds. The number of aromatic nitrogens is 3. The van der Waals surface area contributed by atoms with Crippen LogP contribution < -0.4 is 5.32 Å². The van der Waals surface area contributed by atoms with Crippen molar-refractivity contribution in [2.24, 2.45) is 0 Å². The highest BCUT2D eigenvalue weighted by molar-refractivity contribution is 7.16. The van der Waals surface area contributed by atoms with Gasteiger partial charge >= 0.3 is 6.18 Å². The molecule has 6 nitrogen and oxygen atoms in total. The number of amides is 1. The van der Waals surface area contributed by atoms with Crippen molar-refractivity contribution in [3.63, 3.8) is 0 Å². The Balaban J connectivity index is 1.67. The Morgan fingerprint density at radius 2 is 2.09 bits per heavy atom. The van der Waals surface area contributed by atoms with Crippen LogP contribution in [0, 0.1) is 0 Å². The molecule has 0 aliphatic carbocycles. The van der Waals surface area contributed by atoms with Crippen LogP contribution in [0.5, 0.6) is 0 Å². The van der Waals surface area contributed by atoms with Crippen LogP contribution in [0.2, 0.25) is 5.15 Å². The fraction of sp³-hybridized carbons (Fsp3) is 0.364. The largest absolute Gasteiger partial charge is 0.416 e. The third-order valence-electron chi connectivity index (χ3n) is 5.52. The normalized spacial score (nSPS) is 17.2. The van der Waals surface area contributed by atoms with Crippen molar-refractivity contribution in [2.75, 3.05) is 11.9 Å². The van der Waals surface area contributed by atoms with E-state index in [-0.39, 0.29) is 16.0 Å². The fourth-order valence-electron chi connectivity index (χ4n) is 3.75. The van der Waals surface area contributed by atoms with Gasteiger partial charge in [-0.25, -0.2) is 15.0 Å². The molecule has 1 fully saturated rings. The molecule has 174 valence electrons. The number of nitrogens with one attached hydrogen (secondary N) is 1. The van der Waals surface area contributed by atoms with E-state index in [0.717, 1.165) is 42.8 Å². The molecular weight excluding hydrogens is 475 g/mol. The lowest BCUT2D eigenvalue weighted by Crippen LogP contribution is -2.36. The topological polar surface area (TPSA) is 71.0 Å². The number of hydrogen-bond donors (Lipinski definition) is 1. The second-order valence-electron chi connectivity index (χ2n) is 7.86. The van der Waals surface area contributed by atoms with Crippen molar-refractivity contribution in [2.45, 2.75) is 44.9 Å². The highest BCUT2D eigenvalue weighted by Gasteiger charge is 2.31. The summed E-state index contributed by atoms with van der Waals surface area (Å²) in [4.78, 5) is 27.9. The first-order valence-corrected chi connectivity index (χ1v) is 11.6. The minimum absolute atomic E-state index is 0.0569. The van der Waals surface area contributed by atoms with E-state index in [1.165, 1.54) is 29.8 Å². The summed E-state index contributed by atoms with van der Waals surface area (Å²) < 4.78 is 39.9. The van der Waals surface area contributed by atoms with Crippen LogP contribution >= 0.6 is 22.9 Å². The maximum atomic E-state index is 13.3. The van der Waals surface area contributed by atoms with Gasteiger partial charge in [0.15, 0.2) is 5.13 Å². The number of carbonyl (C=O) groups is 1. The van der Waals surface area contributed by atoms with Crippen molar-refractivity contribution in [3.05, 3.63) is 57.9 Å². The quantitative estimate of drug-likeness (QED) is 0.477. The number of rotatable bonds is 5. The minimum atomic E-state index is -4.46. The van der Waals surface area contributed by atoms with E-state index in [9.17, 15) is 18.0 Å². The number of benzene rings is 1. The number of piperidine rings is 1. The lowest BCUT2D eigenvalue weighted by atomic mass is 10.0. The third-order valence-corrected chi connectivity index (χ3v) is 6.67. The van der Waals surface area contributed by atoms with Crippen molar-refractivity contribution in [1.82, 2.24) is 19.9 Å². The van der Waals surface area contributed by atoms with Crippen molar-refractivity contribution < 1.29 is 18.0 Å². The van der Waals surface area contributed by atoms with Crippen LogP contribution in [0.15, 0.2) is 36.7 Å². The van der Waals surface area contributed by atoms with Gasteiger partial charge in [0.05, 0.1) is 23.7 Å². The van der Waals surface area contributed by atoms with Crippen molar-refractivity contribution >= 4 is 34.0 Å². The fourth-order valence-corrected chi connectivity index (χ4v) is 4.85. The number of halogens is 4. The second kappa shape index (κ2) is 9.74. The Morgan fingerprint density at radius 3 is 2.79 bits per heavy atom. The van der Waals surface area contributed by atoms with Crippen molar-refractivity contribution in [1.29, 1.82) is 0 Å². The monoisotopic (exact) mass is 495 g/mol. The van der Waals surface area contributed by atoms with Gasteiger partial charge in [-0.15, -0.1) is 0 Å². The first-order chi connectivity index (χ1) is 15.7. The first kappa shape index (κ1) is 23.6. The maximum absolute atomic E-state index is 13.3. The van der Waals surface area contributed by atoms with E-state index in [4.69, 9.17) is 11.6 Å². The van der Waals surface area contributed by atoms with Gasteiger partial charge in [0.25, 0.3) is 5.91 Å². The summed E-state index contributed by atoms with van der Waals surface area (Å²) in [6, 6.07) is 5.45. The molecule has 1 unspecified atom stereocenters. The van der Waals surface area contributed by atoms with E-state index in [1.807, 2.05) is 0 Å². The molecule has 11 heteroatoms. The summed E-state index contributed by atoms with van der Waals surface area (Å²) in [5.74, 6) is -0.526. The number of alkyl halides is 3. The molecule has 0 spiro atoms.